The van der Waals surface area contributed by atoms with Crippen LogP contribution in [0.1, 0.15) is 5.56 Å². The van der Waals surface area contributed by atoms with Crippen LogP contribution >= 0.6 is 11.6 Å². The summed E-state index contributed by atoms with van der Waals surface area (Å²) in [6, 6.07) is 8.76. The Morgan fingerprint density at radius 1 is 1.19 bits per heavy atom. The fourth-order valence-electron chi connectivity index (χ4n) is 2.48. The molecule has 1 atom stereocenters. The molecule has 1 aliphatic rings. The van der Waals surface area contributed by atoms with Crippen molar-refractivity contribution in [3.8, 4) is 23.0 Å². The molecule has 142 valence electrons. The summed E-state index contributed by atoms with van der Waals surface area (Å²) >= 11 is 6.09. The van der Waals surface area contributed by atoms with Crippen molar-refractivity contribution in [3.05, 3.63) is 52.6 Å². The van der Waals surface area contributed by atoms with E-state index in [4.69, 9.17) is 30.9 Å². The monoisotopic (exact) mass is 400 g/mol. The van der Waals surface area contributed by atoms with Gasteiger partial charge in [-0.15, -0.1) is 0 Å². The lowest BCUT2D eigenvalue weighted by Crippen LogP contribution is -2.40. The number of hydrogen-bond acceptors (Lipinski definition) is 4. The van der Waals surface area contributed by atoms with Gasteiger partial charge in [-0.3, -0.25) is 0 Å². The van der Waals surface area contributed by atoms with Crippen LogP contribution in [0.5, 0.6) is 23.0 Å². The number of halogens is 4. The van der Waals surface area contributed by atoms with Gasteiger partial charge in [-0.25, -0.2) is 4.79 Å². The number of alkyl halides is 3. The normalized spacial score (nSPS) is 16.0. The molecule has 0 amide bonds. The molecule has 27 heavy (non-hydrogen) atoms. The minimum Gasteiger partial charge on any atom is -0.497 e. The van der Waals surface area contributed by atoms with Crippen LogP contribution in [0.15, 0.2) is 42.0 Å². The van der Waals surface area contributed by atoms with Crippen molar-refractivity contribution < 1.29 is 37.3 Å². The standard InChI is InChI=1S/C18H12ClF3O5/c1-25-10-2-5-15(13(19)8-10)26-11-3-4-14-9(6-11)7-12(17(23)24)16(27-14)18(20,21)22/h2-8,16H,1H3,(H,23,24). The highest BCUT2D eigenvalue weighted by Crippen LogP contribution is 2.40. The molecular formula is C18H12ClF3O5. The van der Waals surface area contributed by atoms with Gasteiger partial charge in [-0.2, -0.15) is 13.2 Å². The second kappa shape index (κ2) is 7.03. The number of carbonyl (C=O) groups is 1. The smallest absolute Gasteiger partial charge is 0.430 e. The number of carboxylic acids is 1. The highest BCUT2D eigenvalue weighted by atomic mass is 35.5. The summed E-state index contributed by atoms with van der Waals surface area (Å²) in [6.07, 6.45) is -6.47. The zero-order valence-electron chi connectivity index (χ0n) is 13.7. The maximum Gasteiger partial charge on any atom is 0.430 e. The van der Waals surface area contributed by atoms with Crippen LogP contribution in [0.25, 0.3) is 6.08 Å². The lowest BCUT2D eigenvalue weighted by atomic mass is 10.0. The molecule has 1 heterocycles. The molecular weight excluding hydrogens is 389 g/mol. The van der Waals surface area contributed by atoms with Gasteiger partial charge in [0.05, 0.1) is 17.7 Å². The molecule has 0 radical (unpaired) electrons. The van der Waals surface area contributed by atoms with Crippen molar-refractivity contribution in [3.63, 3.8) is 0 Å². The fourth-order valence-corrected chi connectivity index (χ4v) is 2.69. The minimum atomic E-state index is -4.85. The van der Waals surface area contributed by atoms with Crippen molar-refractivity contribution in [2.45, 2.75) is 12.3 Å². The first-order valence-electron chi connectivity index (χ1n) is 7.52. The molecule has 0 saturated heterocycles. The Morgan fingerprint density at radius 2 is 1.89 bits per heavy atom. The van der Waals surface area contributed by atoms with Crippen molar-refractivity contribution in [1.29, 1.82) is 0 Å². The van der Waals surface area contributed by atoms with Gasteiger partial charge in [0.2, 0.25) is 6.10 Å². The van der Waals surface area contributed by atoms with Crippen LogP contribution in [0.4, 0.5) is 13.2 Å². The molecule has 1 aliphatic heterocycles. The number of fused-ring (bicyclic) bond motifs is 1. The molecule has 2 aromatic rings. The van der Waals surface area contributed by atoms with Gasteiger partial charge in [0.25, 0.3) is 0 Å². The number of hydrogen-bond donors (Lipinski definition) is 1. The first kappa shape index (κ1) is 18.9. The Bertz CT molecular complexity index is 924. The Kier molecular flexibility index (Phi) is 4.93. The SMILES string of the molecule is COc1ccc(Oc2ccc3c(c2)C=C(C(=O)O)C(C(F)(F)F)O3)c(Cl)c1. The topological polar surface area (TPSA) is 65.0 Å². The number of methoxy groups -OCH3 is 1. The average Bonchev–Trinajstić information content (AvgIpc) is 2.61. The zero-order valence-corrected chi connectivity index (χ0v) is 14.5. The first-order valence-corrected chi connectivity index (χ1v) is 7.90. The van der Waals surface area contributed by atoms with Crippen molar-refractivity contribution >= 4 is 23.6 Å². The number of carboxylic acid groups (broad SMARTS) is 1. The van der Waals surface area contributed by atoms with E-state index in [-0.39, 0.29) is 22.1 Å². The third kappa shape index (κ3) is 3.95. The molecule has 0 spiro atoms. The molecule has 9 heteroatoms. The second-order valence-corrected chi connectivity index (χ2v) is 5.95. The summed E-state index contributed by atoms with van der Waals surface area (Å²) < 4.78 is 54.6. The summed E-state index contributed by atoms with van der Waals surface area (Å²) in [7, 11) is 1.48. The Hall–Kier alpha value is -2.87. The predicted octanol–water partition coefficient (Wildman–Crippen LogP) is 4.93. The average molecular weight is 401 g/mol. The van der Waals surface area contributed by atoms with Crippen LogP contribution in [-0.2, 0) is 4.79 Å². The summed E-state index contributed by atoms with van der Waals surface area (Å²) in [5.74, 6) is -0.748. The number of ether oxygens (including phenoxy) is 3. The lowest BCUT2D eigenvalue weighted by molar-refractivity contribution is -0.187. The van der Waals surface area contributed by atoms with Crippen LogP contribution in [0, 0.1) is 0 Å². The van der Waals surface area contributed by atoms with E-state index in [1.54, 1.807) is 12.1 Å². The van der Waals surface area contributed by atoms with Crippen molar-refractivity contribution in [1.82, 2.24) is 0 Å². The third-order valence-electron chi connectivity index (χ3n) is 3.73. The van der Waals surface area contributed by atoms with Crippen LogP contribution < -0.4 is 14.2 Å². The maximum absolute atomic E-state index is 13.0. The second-order valence-electron chi connectivity index (χ2n) is 5.54. The highest BCUT2D eigenvalue weighted by molar-refractivity contribution is 6.32. The molecule has 1 N–H and O–H groups in total. The zero-order chi connectivity index (χ0) is 19.8. The number of benzene rings is 2. The van der Waals surface area contributed by atoms with Gasteiger partial charge < -0.3 is 19.3 Å². The van der Waals surface area contributed by atoms with Gasteiger partial charge in [0, 0.05) is 11.6 Å². The first-order chi connectivity index (χ1) is 12.7. The van der Waals surface area contributed by atoms with Gasteiger partial charge in [-0.1, -0.05) is 11.6 Å². The quantitative estimate of drug-likeness (QED) is 0.788. The van der Waals surface area contributed by atoms with Crippen molar-refractivity contribution in [2.24, 2.45) is 0 Å². The Balaban J connectivity index is 1.93. The molecule has 2 aromatic carbocycles. The Labute approximate surface area is 156 Å². The van der Waals surface area contributed by atoms with E-state index in [1.165, 1.54) is 31.4 Å². The van der Waals surface area contributed by atoms with E-state index in [0.29, 0.717) is 11.5 Å². The maximum atomic E-state index is 13.0. The van der Waals surface area contributed by atoms with E-state index in [2.05, 4.69) is 0 Å². The summed E-state index contributed by atoms with van der Waals surface area (Å²) in [6.45, 7) is 0. The minimum absolute atomic E-state index is 0.101. The van der Waals surface area contributed by atoms with E-state index in [0.717, 1.165) is 6.08 Å². The van der Waals surface area contributed by atoms with Gasteiger partial charge in [0.1, 0.15) is 23.0 Å². The van der Waals surface area contributed by atoms with E-state index in [1.807, 2.05) is 0 Å². The molecule has 5 nitrogen and oxygen atoms in total. The number of rotatable bonds is 4. The fraction of sp³-hybridized carbons (Fsp3) is 0.167. The Morgan fingerprint density at radius 3 is 2.48 bits per heavy atom. The highest BCUT2D eigenvalue weighted by Gasteiger charge is 2.48. The molecule has 1 unspecified atom stereocenters. The van der Waals surface area contributed by atoms with Gasteiger partial charge in [-0.05, 0) is 36.4 Å². The van der Waals surface area contributed by atoms with E-state index < -0.39 is 23.8 Å². The molecule has 3 rings (SSSR count). The summed E-state index contributed by atoms with van der Waals surface area (Å²) in [4.78, 5) is 11.2. The van der Waals surface area contributed by atoms with Gasteiger partial charge in [0.15, 0.2) is 0 Å². The van der Waals surface area contributed by atoms with E-state index >= 15 is 0 Å². The molecule has 0 fully saturated rings. The molecule has 0 aromatic heterocycles. The molecule has 0 saturated carbocycles. The number of aliphatic carboxylic acids is 1. The van der Waals surface area contributed by atoms with Crippen LogP contribution in [0.3, 0.4) is 0 Å². The van der Waals surface area contributed by atoms with Gasteiger partial charge >= 0.3 is 12.1 Å². The third-order valence-corrected chi connectivity index (χ3v) is 4.03. The predicted molar refractivity (Wildman–Crippen MR) is 90.6 cm³/mol. The van der Waals surface area contributed by atoms with Crippen LogP contribution in [-0.4, -0.2) is 30.5 Å². The lowest BCUT2D eigenvalue weighted by Gasteiger charge is -2.27. The largest absolute Gasteiger partial charge is 0.497 e. The summed E-state index contributed by atoms with van der Waals surface area (Å²) in [5, 5.41) is 9.34. The van der Waals surface area contributed by atoms with Crippen molar-refractivity contribution in [2.75, 3.05) is 7.11 Å². The summed E-state index contributed by atoms with van der Waals surface area (Å²) in [5.41, 5.74) is -0.760. The molecule has 0 aliphatic carbocycles. The van der Waals surface area contributed by atoms with E-state index in [9.17, 15) is 18.0 Å². The van der Waals surface area contributed by atoms with Crippen LogP contribution in [0.2, 0.25) is 5.02 Å². The molecule has 0 bridgehead atoms.